The molecule has 34 heavy (non-hydrogen) atoms. The van der Waals surface area contributed by atoms with Crippen LogP contribution < -0.4 is 19.6 Å². The Balaban J connectivity index is 1.93. The van der Waals surface area contributed by atoms with Crippen molar-refractivity contribution in [3.05, 3.63) is 76.3 Å². The Kier molecular flexibility index (Phi) is 7.53. The number of sulfonamides is 1. The molecule has 0 saturated carbocycles. The second-order valence-electron chi connectivity index (χ2n) is 6.77. The van der Waals surface area contributed by atoms with Gasteiger partial charge in [0.15, 0.2) is 11.5 Å². The number of nitrogens with one attached hydrogen (secondary N) is 2. The van der Waals surface area contributed by atoms with Crippen molar-refractivity contribution >= 4 is 33.3 Å². The highest BCUT2D eigenvalue weighted by Crippen LogP contribution is 2.31. The number of para-hydroxylation sites is 2. The fourth-order valence-corrected chi connectivity index (χ4v) is 4.17. The standard InChI is InChI=1S/C22H22N4O7S/c1-3-33-21-12-15(8-11-19(21)27)14-23-24-18-10-9-16(26(28)29)13-22(18)34(30,31)25-17-6-4-5-7-20(17)32-2/h4-14,24-25,27H,3H2,1-2H3. The summed E-state index contributed by atoms with van der Waals surface area (Å²) in [6.45, 7) is 2.13. The molecule has 0 aliphatic rings. The maximum Gasteiger partial charge on any atom is 0.270 e. The number of aromatic hydroxyl groups is 1. The van der Waals surface area contributed by atoms with Gasteiger partial charge < -0.3 is 14.6 Å². The summed E-state index contributed by atoms with van der Waals surface area (Å²) >= 11 is 0. The first-order chi connectivity index (χ1) is 16.2. The lowest BCUT2D eigenvalue weighted by atomic mass is 10.2. The molecule has 3 aromatic carbocycles. The lowest BCUT2D eigenvalue weighted by molar-refractivity contribution is -0.385. The number of anilines is 2. The van der Waals surface area contributed by atoms with E-state index in [1.165, 1.54) is 31.5 Å². The molecular weight excluding hydrogens is 464 g/mol. The third kappa shape index (κ3) is 5.72. The van der Waals surface area contributed by atoms with Crippen molar-refractivity contribution in [2.75, 3.05) is 23.9 Å². The number of ether oxygens (including phenoxy) is 2. The minimum Gasteiger partial charge on any atom is -0.504 e. The molecule has 0 spiro atoms. The highest BCUT2D eigenvalue weighted by atomic mass is 32.2. The average Bonchev–Trinajstić information content (AvgIpc) is 2.81. The number of nitrogens with zero attached hydrogens (tertiary/aromatic N) is 2. The van der Waals surface area contributed by atoms with Gasteiger partial charge in [0.1, 0.15) is 10.6 Å². The van der Waals surface area contributed by atoms with Crippen LogP contribution in [0.15, 0.2) is 70.7 Å². The molecule has 11 nitrogen and oxygen atoms in total. The molecule has 0 saturated heterocycles. The van der Waals surface area contributed by atoms with E-state index in [1.807, 2.05) is 0 Å². The van der Waals surface area contributed by atoms with Gasteiger partial charge in [-0.25, -0.2) is 8.42 Å². The molecule has 3 aromatic rings. The van der Waals surface area contributed by atoms with Crippen molar-refractivity contribution in [3.8, 4) is 17.2 Å². The average molecular weight is 487 g/mol. The number of benzene rings is 3. The first-order valence-electron chi connectivity index (χ1n) is 9.94. The summed E-state index contributed by atoms with van der Waals surface area (Å²) in [6, 6.07) is 14.3. The summed E-state index contributed by atoms with van der Waals surface area (Å²) in [5.74, 6) is 0.519. The Morgan fingerprint density at radius 1 is 1.09 bits per heavy atom. The van der Waals surface area contributed by atoms with E-state index in [9.17, 15) is 23.6 Å². The Hall–Kier alpha value is -4.32. The Labute approximate surface area is 195 Å². The Morgan fingerprint density at radius 2 is 1.85 bits per heavy atom. The van der Waals surface area contributed by atoms with Crippen molar-refractivity contribution < 1.29 is 27.9 Å². The van der Waals surface area contributed by atoms with E-state index in [1.54, 1.807) is 37.3 Å². The highest BCUT2D eigenvalue weighted by molar-refractivity contribution is 7.93. The molecule has 0 radical (unpaired) electrons. The third-order valence-corrected chi connectivity index (χ3v) is 5.90. The van der Waals surface area contributed by atoms with Crippen molar-refractivity contribution in [1.29, 1.82) is 0 Å². The molecule has 178 valence electrons. The van der Waals surface area contributed by atoms with Crippen molar-refractivity contribution in [3.63, 3.8) is 0 Å². The summed E-state index contributed by atoms with van der Waals surface area (Å²) in [6.07, 6.45) is 1.38. The molecular formula is C22H22N4O7S. The van der Waals surface area contributed by atoms with E-state index in [2.05, 4.69) is 15.2 Å². The van der Waals surface area contributed by atoms with E-state index >= 15 is 0 Å². The third-order valence-electron chi connectivity index (χ3n) is 4.50. The Bertz CT molecular complexity index is 1330. The van der Waals surface area contributed by atoms with Gasteiger partial charge in [-0.3, -0.25) is 20.3 Å². The second kappa shape index (κ2) is 10.5. The molecule has 0 unspecified atom stereocenters. The SMILES string of the molecule is CCOc1cc(C=NNc2ccc([N+](=O)[O-])cc2S(=O)(=O)Nc2ccccc2OC)ccc1O. The molecule has 0 aliphatic heterocycles. The van der Waals surface area contributed by atoms with Crippen LogP contribution in [0.4, 0.5) is 17.1 Å². The zero-order valence-electron chi connectivity index (χ0n) is 18.3. The maximum atomic E-state index is 13.1. The highest BCUT2D eigenvalue weighted by Gasteiger charge is 2.23. The molecule has 0 fully saturated rings. The molecule has 3 rings (SSSR count). The lowest BCUT2D eigenvalue weighted by Gasteiger charge is -2.14. The molecule has 0 aromatic heterocycles. The zero-order valence-corrected chi connectivity index (χ0v) is 19.1. The van der Waals surface area contributed by atoms with Crippen LogP contribution in [0.1, 0.15) is 12.5 Å². The minimum atomic E-state index is -4.27. The predicted molar refractivity (Wildman–Crippen MR) is 127 cm³/mol. The number of non-ortho nitro benzene ring substituents is 1. The molecule has 0 heterocycles. The molecule has 3 N–H and O–H groups in total. The van der Waals surface area contributed by atoms with E-state index in [0.29, 0.717) is 12.2 Å². The van der Waals surface area contributed by atoms with E-state index in [0.717, 1.165) is 12.1 Å². The maximum absolute atomic E-state index is 13.1. The van der Waals surface area contributed by atoms with Gasteiger partial charge in [-0.15, -0.1) is 0 Å². The number of nitro groups is 1. The van der Waals surface area contributed by atoms with Crippen LogP contribution >= 0.6 is 0 Å². The van der Waals surface area contributed by atoms with Gasteiger partial charge in [-0.1, -0.05) is 12.1 Å². The molecule has 0 amide bonds. The fourth-order valence-electron chi connectivity index (χ4n) is 2.93. The van der Waals surface area contributed by atoms with Gasteiger partial charge >= 0.3 is 0 Å². The summed E-state index contributed by atoms with van der Waals surface area (Å²) in [7, 11) is -2.88. The van der Waals surface area contributed by atoms with Crippen molar-refractivity contribution in [1.82, 2.24) is 0 Å². The summed E-state index contributed by atoms with van der Waals surface area (Å²) in [5.41, 5.74) is 2.93. The number of rotatable bonds is 10. The van der Waals surface area contributed by atoms with Crippen LogP contribution in [0.5, 0.6) is 17.2 Å². The van der Waals surface area contributed by atoms with Crippen molar-refractivity contribution in [2.24, 2.45) is 5.10 Å². The van der Waals surface area contributed by atoms with Crippen LogP contribution in [0.2, 0.25) is 0 Å². The lowest BCUT2D eigenvalue weighted by Crippen LogP contribution is -2.15. The van der Waals surface area contributed by atoms with Gasteiger partial charge in [0.05, 0.1) is 36.2 Å². The number of nitro benzene ring substituents is 1. The first kappa shape index (κ1) is 24.3. The van der Waals surface area contributed by atoms with Crippen LogP contribution in [0.3, 0.4) is 0 Å². The van der Waals surface area contributed by atoms with Crippen LogP contribution in [0.25, 0.3) is 0 Å². The molecule has 0 aliphatic carbocycles. The second-order valence-corrected chi connectivity index (χ2v) is 8.42. The summed E-state index contributed by atoms with van der Waals surface area (Å²) in [5, 5.41) is 25.1. The van der Waals surface area contributed by atoms with Gasteiger partial charge in [0.25, 0.3) is 15.7 Å². The number of methoxy groups -OCH3 is 1. The largest absolute Gasteiger partial charge is 0.504 e. The van der Waals surface area contributed by atoms with Crippen LogP contribution in [-0.2, 0) is 10.0 Å². The van der Waals surface area contributed by atoms with Crippen LogP contribution in [-0.4, -0.2) is 38.4 Å². The van der Waals surface area contributed by atoms with E-state index in [4.69, 9.17) is 9.47 Å². The van der Waals surface area contributed by atoms with Gasteiger partial charge in [-0.2, -0.15) is 5.10 Å². The Morgan fingerprint density at radius 3 is 2.56 bits per heavy atom. The molecule has 0 atom stereocenters. The first-order valence-corrected chi connectivity index (χ1v) is 11.4. The monoisotopic (exact) mass is 486 g/mol. The minimum absolute atomic E-state index is 0.00746. The normalized spacial score (nSPS) is 11.2. The molecule has 12 heteroatoms. The predicted octanol–water partition coefficient (Wildman–Crippen LogP) is 3.95. The smallest absolute Gasteiger partial charge is 0.270 e. The quantitative estimate of drug-likeness (QED) is 0.221. The fraction of sp³-hybridized carbons (Fsp3) is 0.136. The molecule has 0 bridgehead atoms. The van der Waals surface area contributed by atoms with Gasteiger partial charge in [0.2, 0.25) is 0 Å². The number of hydrazone groups is 1. The van der Waals surface area contributed by atoms with Crippen LogP contribution in [0, 0.1) is 10.1 Å². The van der Waals surface area contributed by atoms with Crippen molar-refractivity contribution in [2.45, 2.75) is 11.8 Å². The number of phenolic OH excluding ortho intramolecular Hbond substituents is 1. The number of hydrogen-bond acceptors (Lipinski definition) is 9. The topological polar surface area (TPSA) is 152 Å². The van der Waals surface area contributed by atoms with Gasteiger partial charge in [-0.05, 0) is 48.9 Å². The van der Waals surface area contributed by atoms with Gasteiger partial charge in [0, 0.05) is 12.1 Å². The van der Waals surface area contributed by atoms with E-state index in [-0.39, 0.29) is 33.5 Å². The number of phenols is 1. The number of hydrogen-bond donors (Lipinski definition) is 3. The van der Waals surface area contributed by atoms with E-state index < -0.39 is 20.6 Å². The summed E-state index contributed by atoms with van der Waals surface area (Å²) < 4.78 is 39.1. The zero-order chi connectivity index (χ0) is 24.7. The summed E-state index contributed by atoms with van der Waals surface area (Å²) in [4.78, 5) is 10.2.